The van der Waals surface area contributed by atoms with Crippen LogP contribution < -0.4 is 5.76 Å². The molecule has 1 unspecified atom stereocenters. The fourth-order valence-electron chi connectivity index (χ4n) is 2.21. The Labute approximate surface area is 105 Å². The van der Waals surface area contributed by atoms with Crippen molar-refractivity contribution in [2.45, 2.75) is 31.7 Å². The summed E-state index contributed by atoms with van der Waals surface area (Å²) in [5, 5.41) is 3.74. The number of nitrogens with zero attached hydrogens (tertiary/aromatic N) is 3. The summed E-state index contributed by atoms with van der Waals surface area (Å²) in [6.07, 6.45) is 4.50. The van der Waals surface area contributed by atoms with Gasteiger partial charge in [0.25, 0.3) is 0 Å². The number of aromatic nitrogens is 2. The van der Waals surface area contributed by atoms with Crippen LogP contribution >= 0.6 is 0 Å². The molecule has 18 heavy (non-hydrogen) atoms. The van der Waals surface area contributed by atoms with Gasteiger partial charge in [0.1, 0.15) is 0 Å². The highest BCUT2D eigenvalue weighted by Gasteiger charge is 2.26. The molecule has 0 aliphatic carbocycles. The van der Waals surface area contributed by atoms with Crippen molar-refractivity contribution in [3.8, 4) is 0 Å². The lowest BCUT2D eigenvalue weighted by Gasteiger charge is -2.21. The number of hydrogen-bond donors (Lipinski definition) is 0. The molecule has 0 aromatic carbocycles. The molecule has 1 atom stereocenters. The fourth-order valence-corrected chi connectivity index (χ4v) is 2.65. The average molecular weight is 275 g/mol. The topological polar surface area (TPSA) is 85.4 Å². The monoisotopic (exact) mass is 275 g/mol. The van der Waals surface area contributed by atoms with E-state index in [4.69, 9.17) is 0 Å². The Bertz CT molecular complexity index is 574. The van der Waals surface area contributed by atoms with Crippen molar-refractivity contribution < 1.29 is 12.9 Å². The lowest BCUT2D eigenvalue weighted by Crippen LogP contribution is -2.35. The Kier molecular flexibility index (Phi) is 3.58. The molecular weight excluding hydrogens is 258 g/mol. The zero-order valence-corrected chi connectivity index (χ0v) is 11.3. The van der Waals surface area contributed by atoms with Gasteiger partial charge in [0, 0.05) is 20.0 Å². The van der Waals surface area contributed by atoms with Crippen LogP contribution in [0.25, 0.3) is 0 Å². The lowest BCUT2D eigenvalue weighted by atomic mass is 10.1. The zero-order valence-electron chi connectivity index (χ0n) is 10.5. The number of fused-ring (bicyclic) bond motifs is 1. The van der Waals surface area contributed by atoms with Gasteiger partial charge in [-0.25, -0.2) is 17.5 Å². The molecule has 1 aromatic rings. The average Bonchev–Trinajstić information content (AvgIpc) is 2.52. The van der Waals surface area contributed by atoms with E-state index in [1.807, 2.05) is 0 Å². The summed E-state index contributed by atoms with van der Waals surface area (Å²) in [6, 6.07) is -0.194. The summed E-state index contributed by atoms with van der Waals surface area (Å²) in [6.45, 7) is 0.271. The van der Waals surface area contributed by atoms with Gasteiger partial charge in [0.15, 0.2) is 5.82 Å². The van der Waals surface area contributed by atoms with Crippen molar-refractivity contribution in [3.63, 3.8) is 0 Å². The van der Waals surface area contributed by atoms with E-state index in [9.17, 15) is 13.2 Å². The molecule has 0 saturated carbocycles. The van der Waals surface area contributed by atoms with E-state index < -0.39 is 15.8 Å². The molecule has 1 aliphatic rings. The Morgan fingerprint density at radius 2 is 2.22 bits per heavy atom. The Balaban J connectivity index is 2.28. The van der Waals surface area contributed by atoms with Gasteiger partial charge in [-0.05, 0) is 12.8 Å². The molecule has 0 spiro atoms. The largest absolute Gasteiger partial charge is 0.441 e. The van der Waals surface area contributed by atoms with Crippen LogP contribution in [0.1, 0.15) is 31.1 Å². The van der Waals surface area contributed by atoms with E-state index in [0.717, 1.165) is 25.5 Å². The van der Waals surface area contributed by atoms with Crippen LogP contribution in [0.2, 0.25) is 0 Å². The van der Waals surface area contributed by atoms with Crippen molar-refractivity contribution >= 4 is 10.0 Å². The number of likely N-dealkylation sites (N-methyl/N-ethyl adjacent to an activating group) is 1. The van der Waals surface area contributed by atoms with Gasteiger partial charge in [-0.15, -0.1) is 0 Å². The highest BCUT2D eigenvalue weighted by molar-refractivity contribution is 7.88. The van der Waals surface area contributed by atoms with Crippen LogP contribution in [0.15, 0.2) is 9.32 Å². The van der Waals surface area contributed by atoms with E-state index in [-0.39, 0.29) is 12.6 Å². The van der Waals surface area contributed by atoms with Crippen LogP contribution in [0.5, 0.6) is 0 Å². The second-order valence-electron chi connectivity index (χ2n) is 4.68. The third kappa shape index (κ3) is 2.64. The number of sulfonamides is 1. The van der Waals surface area contributed by atoms with Crippen LogP contribution in [0.4, 0.5) is 0 Å². The van der Waals surface area contributed by atoms with E-state index in [1.54, 1.807) is 0 Å². The molecule has 0 bridgehead atoms. The standard InChI is InChI=1S/C10H17N3O4S/c1-12(18(2,15)16)7-8-5-3-4-6-9-11-17-10(14)13(8)9/h8H,3-7H2,1-2H3. The van der Waals surface area contributed by atoms with Crippen LogP contribution in [-0.2, 0) is 16.4 Å². The lowest BCUT2D eigenvalue weighted by molar-refractivity contribution is 0.324. The summed E-state index contributed by atoms with van der Waals surface area (Å²) >= 11 is 0. The van der Waals surface area contributed by atoms with Gasteiger partial charge >= 0.3 is 5.76 Å². The third-order valence-electron chi connectivity index (χ3n) is 3.29. The molecule has 102 valence electrons. The van der Waals surface area contributed by atoms with Crippen LogP contribution in [-0.4, -0.2) is 42.3 Å². The summed E-state index contributed by atoms with van der Waals surface area (Å²) in [4.78, 5) is 11.6. The SMILES string of the molecule is CN(CC1CCCCc2noc(=O)n21)S(C)(=O)=O. The van der Waals surface area contributed by atoms with Crippen molar-refractivity contribution in [1.82, 2.24) is 14.0 Å². The summed E-state index contributed by atoms with van der Waals surface area (Å²) in [7, 11) is -1.73. The van der Waals surface area contributed by atoms with Gasteiger partial charge < -0.3 is 0 Å². The molecular formula is C10H17N3O4S. The third-order valence-corrected chi connectivity index (χ3v) is 4.57. The number of aryl methyl sites for hydroxylation is 1. The van der Waals surface area contributed by atoms with Crippen LogP contribution in [0, 0.1) is 0 Å². The number of rotatable bonds is 3. The highest BCUT2D eigenvalue weighted by atomic mass is 32.2. The minimum Gasteiger partial charge on any atom is -0.296 e. The molecule has 0 N–H and O–H groups in total. The molecule has 0 radical (unpaired) electrons. The Morgan fingerprint density at radius 3 is 2.89 bits per heavy atom. The van der Waals surface area contributed by atoms with E-state index in [1.165, 1.54) is 15.9 Å². The van der Waals surface area contributed by atoms with Crippen LogP contribution in [0.3, 0.4) is 0 Å². The van der Waals surface area contributed by atoms with Gasteiger partial charge in [-0.3, -0.25) is 9.09 Å². The van der Waals surface area contributed by atoms with Gasteiger partial charge in [0.05, 0.1) is 12.3 Å². The molecule has 0 saturated heterocycles. The molecule has 2 heterocycles. The second-order valence-corrected chi connectivity index (χ2v) is 6.77. The van der Waals surface area contributed by atoms with Crippen molar-refractivity contribution in [1.29, 1.82) is 0 Å². The zero-order chi connectivity index (χ0) is 13.3. The minimum absolute atomic E-state index is 0.194. The summed E-state index contributed by atoms with van der Waals surface area (Å²) < 4.78 is 30.3. The minimum atomic E-state index is -3.25. The van der Waals surface area contributed by atoms with Crippen molar-refractivity contribution in [3.05, 3.63) is 16.4 Å². The molecule has 7 nitrogen and oxygen atoms in total. The maximum atomic E-state index is 11.6. The first-order chi connectivity index (χ1) is 8.39. The smallest absolute Gasteiger partial charge is 0.296 e. The summed E-state index contributed by atoms with van der Waals surface area (Å²) in [5.74, 6) is 0.114. The van der Waals surface area contributed by atoms with E-state index in [0.29, 0.717) is 12.2 Å². The Hall–Kier alpha value is -1.15. The molecule has 0 amide bonds. The maximum Gasteiger partial charge on any atom is 0.441 e. The fraction of sp³-hybridized carbons (Fsp3) is 0.800. The predicted molar refractivity (Wildman–Crippen MR) is 64.8 cm³/mol. The summed E-state index contributed by atoms with van der Waals surface area (Å²) in [5.41, 5.74) is 0. The molecule has 8 heteroatoms. The second kappa shape index (κ2) is 4.85. The van der Waals surface area contributed by atoms with Crippen molar-refractivity contribution in [2.75, 3.05) is 19.8 Å². The molecule has 1 aliphatic heterocycles. The van der Waals surface area contributed by atoms with Gasteiger partial charge in [-0.1, -0.05) is 11.6 Å². The predicted octanol–water partition coefficient (Wildman–Crippen LogP) is -0.00480. The highest BCUT2D eigenvalue weighted by Crippen LogP contribution is 2.22. The maximum absolute atomic E-state index is 11.6. The van der Waals surface area contributed by atoms with Gasteiger partial charge in [-0.2, -0.15) is 0 Å². The number of hydrogen-bond acceptors (Lipinski definition) is 5. The quantitative estimate of drug-likeness (QED) is 0.775. The first-order valence-electron chi connectivity index (χ1n) is 5.88. The first-order valence-corrected chi connectivity index (χ1v) is 7.73. The molecule has 1 aromatic heterocycles. The molecule has 0 fully saturated rings. The Morgan fingerprint density at radius 1 is 1.50 bits per heavy atom. The first kappa shape index (κ1) is 13.3. The molecule has 2 rings (SSSR count). The normalized spacial score (nSPS) is 20.7. The van der Waals surface area contributed by atoms with Crippen molar-refractivity contribution in [2.24, 2.45) is 0 Å². The van der Waals surface area contributed by atoms with Gasteiger partial charge in [0.2, 0.25) is 10.0 Å². The van der Waals surface area contributed by atoms with E-state index in [2.05, 4.69) is 9.68 Å². The van der Waals surface area contributed by atoms with E-state index >= 15 is 0 Å².